The molecule has 1 aliphatic heterocycles. The highest BCUT2D eigenvalue weighted by atomic mass is 19.1. The maximum Gasteiger partial charge on any atom is 0.319 e. The number of likely N-dealkylation sites (tertiary alicyclic amines) is 1. The summed E-state index contributed by atoms with van der Waals surface area (Å²) in [5.74, 6) is 1.13. The van der Waals surface area contributed by atoms with Gasteiger partial charge in [-0.3, -0.25) is 4.79 Å². The predicted molar refractivity (Wildman–Crippen MR) is 107 cm³/mol. The van der Waals surface area contributed by atoms with Gasteiger partial charge in [0.1, 0.15) is 5.82 Å². The SMILES string of the molecule is O=C(NCc1ccc(F)cc1)Nc1ccc(CC(=O)N2C[C@@H]3C(CO)[C@@H]3C2)cc1. The van der Waals surface area contributed by atoms with Crippen LogP contribution in [0.15, 0.2) is 48.5 Å². The number of halogens is 1. The molecule has 1 heterocycles. The van der Waals surface area contributed by atoms with Crippen LogP contribution in [-0.4, -0.2) is 41.6 Å². The molecule has 1 aliphatic carbocycles. The number of fused-ring (bicyclic) bond motifs is 1. The Labute approximate surface area is 168 Å². The molecule has 6 nitrogen and oxygen atoms in total. The van der Waals surface area contributed by atoms with Crippen molar-refractivity contribution < 1.29 is 19.1 Å². The summed E-state index contributed by atoms with van der Waals surface area (Å²) in [7, 11) is 0. The van der Waals surface area contributed by atoms with E-state index in [1.54, 1.807) is 24.3 Å². The van der Waals surface area contributed by atoms with Gasteiger partial charge in [-0.1, -0.05) is 24.3 Å². The average Bonchev–Trinajstić information content (AvgIpc) is 3.19. The number of aliphatic hydroxyl groups excluding tert-OH is 1. The van der Waals surface area contributed by atoms with Crippen molar-refractivity contribution in [3.8, 4) is 0 Å². The molecular weight excluding hydrogens is 373 g/mol. The monoisotopic (exact) mass is 397 g/mol. The summed E-state index contributed by atoms with van der Waals surface area (Å²) in [4.78, 5) is 26.3. The minimum Gasteiger partial charge on any atom is -0.396 e. The maximum atomic E-state index is 12.9. The summed E-state index contributed by atoms with van der Waals surface area (Å²) in [6.45, 7) is 2.03. The lowest BCUT2D eigenvalue weighted by Crippen LogP contribution is -2.33. The minimum atomic E-state index is -0.354. The van der Waals surface area contributed by atoms with Crippen LogP contribution >= 0.6 is 0 Å². The van der Waals surface area contributed by atoms with Crippen molar-refractivity contribution in [1.82, 2.24) is 10.2 Å². The fourth-order valence-electron chi connectivity index (χ4n) is 4.08. The van der Waals surface area contributed by atoms with E-state index >= 15 is 0 Å². The molecular formula is C22H24FN3O3. The number of piperidine rings is 1. The van der Waals surface area contributed by atoms with Crippen molar-refractivity contribution >= 4 is 17.6 Å². The van der Waals surface area contributed by atoms with Crippen LogP contribution in [0, 0.1) is 23.6 Å². The first kappa shape index (κ1) is 19.4. The predicted octanol–water partition coefficient (Wildman–Crippen LogP) is 2.39. The molecule has 0 aromatic heterocycles. The van der Waals surface area contributed by atoms with Gasteiger partial charge in [-0.25, -0.2) is 9.18 Å². The summed E-state index contributed by atoms with van der Waals surface area (Å²) < 4.78 is 12.9. The highest BCUT2D eigenvalue weighted by Gasteiger charge is 2.55. The van der Waals surface area contributed by atoms with E-state index in [0.717, 1.165) is 24.2 Å². The van der Waals surface area contributed by atoms with Crippen molar-refractivity contribution in [3.63, 3.8) is 0 Å². The number of nitrogens with zero attached hydrogens (tertiary/aromatic N) is 1. The number of nitrogens with one attached hydrogen (secondary N) is 2. The van der Waals surface area contributed by atoms with E-state index in [1.807, 2.05) is 17.0 Å². The van der Waals surface area contributed by atoms with E-state index in [2.05, 4.69) is 10.6 Å². The summed E-state index contributed by atoms with van der Waals surface area (Å²) in [6, 6.07) is 12.8. The highest BCUT2D eigenvalue weighted by molar-refractivity contribution is 5.89. The van der Waals surface area contributed by atoms with Gasteiger partial charge in [0.2, 0.25) is 5.91 Å². The number of rotatable bonds is 6. The zero-order chi connectivity index (χ0) is 20.4. The van der Waals surface area contributed by atoms with Gasteiger partial charge in [0.05, 0.1) is 6.42 Å². The van der Waals surface area contributed by atoms with Crippen LogP contribution in [0.3, 0.4) is 0 Å². The molecule has 3 atom stereocenters. The number of hydrogen-bond donors (Lipinski definition) is 3. The lowest BCUT2D eigenvalue weighted by Gasteiger charge is -2.19. The molecule has 4 rings (SSSR count). The number of carbonyl (C=O) groups is 2. The summed E-state index contributed by atoms with van der Waals surface area (Å²) in [6.07, 6.45) is 0.334. The van der Waals surface area contributed by atoms with Gasteiger partial charge in [-0.15, -0.1) is 0 Å². The second-order valence-corrected chi connectivity index (χ2v) is 7.78. The third-order valence-electron chi connectivity index (χ3n) is 5.87. The van der Waals surface area contributed by atoms with Gasteiger partial charge in [-0.2, -0.15) is 0 Å². The Bertz CT molecular complexity index is 873. The van der Waals surface area contributed by atoms with E-state index in [9.17, 15) is 19.1 Å². The third kappa shape index (κ3) is 4.56. The Morgan fingerprint density at radius 2 is 1.62 bits per heavy atom. The lowest BCUT2D eigenvalue weighted by atomic mass is 10.1. The molecule has 2 fully saturated rings. The minimum absolute atomic E-state index is 0.103. The lowest BCUT2D eigenvalue weighted by molar-refractivity contribution is -0.130. The standard InChI is InChI=1S/C22H24FN3O3/c23-16-5-1-15(2-6-16)10-24-22(29)25-17-7-3-14(4-8-17)9-21(28)26-11-18-19(12-26)20(18)13-27/h1-8,18-20,27H,9-13H2,(H2,24,25,29)/t18-,19+,20?. The molecule has 7 heteroatoms. The molecule has 0 bridgehead atoms. The average molecular weight is 397 g/mol. The van der Waals surface area contributed by atoms with E-state index in [4.69, 9.17) is 0 Å². The molecule has 2 aromatic carbocycles. The molecule has 1 saturated carbocycles. The normalized spacial score (nSPS) is 22.1. The number of anilines is 1. The summed E-state index contributed by atoms with van der Waals surface area (Å²) in [5.41, 5.74) is 2.33. The second kappa shape index (κ2) is 8.21. The smallest absolute Gasteiger partial charge is 0.319 e. The van der Waals surface area contributed by atoms with Crippen LogP contribution in [0.25, 0.3) is 0 Å². The number of aliphatic hydroxyl groups is 1. The summed E-state index contributed by atoms with van der Waals surface area (Å²) >= 11 is 0. The van der Waals surface area contributed by atoms with E-state index in [-0.39, 0.29) is 24.4 Å². The molecule has 0 spiro atoms. The molecule has 3 amide bonds. The second-order valence-electron chi connectivity index (χ2n) is 7.78. The van der Waals surface area contributed by atoms with Crippen LogP contribution < -0.4 is 10.6 Å². The topological polar surface area (TPSA) is 81.7 Å². The molecule has 1 unspecified atom stereocenters. The van der Waals surface area contributed by atoms with Gasteiger partial charge in [0.15, 0.2) is 0 Å². The van der Waals surface area contributed by atoms with Crippen molar-refractivity contribution in [3.05, 3.63) is 65.5 Å². The number of urea groups is 1. The Kier molecular flexibility index (Phi) is 5.49. The van der Waals surface area contributed by atoms with Crippen molar-refractivity contribution in [1.29, 1.82) is 0 Å². The van der Waals surface area contributed by atoms with Crippen LogP contribution in [0.2, 0.25) is 0 Å². The molecule has 2 aliphatic rings. The van der Waals surface area contributed by atoms with Gasteiger partial charge in [0, 0.05) is 31.9 Å². The van der Waals surface area contributed by atoms with Crippen LogP contribution in [0.1, 0.15) is 11.1 Å². The highest BCUT2D eigenvalue weighted by Crippen LogP contribution is 2.51. The van der Waals surface area contributed by atoms with Crippen molar-refractivity contribution in [2.24, 2.45) is 17.8 Å². The van der Waals surface area contributed by atoms with Crippen LogP contribution in [0.5, 0.6) is 0 Å². The largest absolute Gasteiger partial charge is 0.396 e. The zero-order valence-corrected chi connectivity index (χ0v) is 16.0. The van der Waals surface area contributed by atoms with E-state index in [1.165, 1.54) is 12.1 Å². The Hall–Kier alpha value is -2.93. The van der Waals surface area contributed by atoms with Gasteiger partial charge in [-0.05, 0) is 53.1 Å². The molecule has 0 radical (unpaired) electrons. The first-order valence-corrected chi connectivity index (χ1v) is 9.80. The molecule has 29 heavy (non-hydrogen) atoms. The molecule has 152 valence electrons. The van der Waals surface area contributed by atoms with E-state index in [0.29, 0.717) is 36.4 Å². The Balaban J connectivity index is 1.22. The number of amides is 3. The molecule has 3 N–H and O–H groups in total. The fraction of sp³-hybridized carbons (Fsp3) is 0.364. The quantitative estimate of drug-likeness (QED) is 0.700. The van der Waals surface area contributed by atoms with E-state index < -0.39 is 0 Å². The third-order valence-corrected chi connectivity index (χ3v) is 5.87. The van der Waals surface area contributed by atoms with Gasteiger partial charge < -0.3 is 20.6 Å². The van der Waals surface area contributed by atoms with Crippen LogP contribution in [0.4, 0.5) is 14.9 Å². The molecule has 2 aromatic rings. The number of hydrogen-bond acceptors (Lipinski definition) is 3. The number of benzene rings is 2. The van der Waals surface area contributed by atoms with Crippen LogP contribution in [-0.2, 0) is 17.8 Å². The Morgan fingerprint density at radius 1 is 1.00 bits per heavy atom. The zero-order valence-electron chi connectivity index (χ0n) is 16.0. The molecule has 1 saturated heterocycles. The first-order valence-electron chi connectivity index (χ1n) is 9.80. The summed E-state index contributed by atoms with van der Waals surface area (Å²) in [5, 5.41) is 14.7. The maximum absolute atomic E-state index is 12.9. The Morgan fingerprint density at radius 3 is 2.24 bits per heavy atom. The van der Waals surface area contributed by atoms with Gasteiger partial charge >= 0.3 is 6.03 Å². The first-order chi connectivity index (χ1) is 14.0. The fourth-order valence-corrected chi connectivity index (χ4v) is 4.08. The van der Waals surface area contributed by atoms with Gasteiger partial charge in [0.25, 0.3) is 0 Å². The van der Waals surface area contributed by atoms with Crippen molar-refractivity contribution in [2.75, 3.05) is 25.0 Å². The number of carbonyl (C=O) groups excluding carboxylic acids is 2. The van der Waals surface area contributed by atoms with Crippen molar-refractivity contribution in [2.45, 2.75) is 13.0 Å².